The first-order valence-corrected chi connectivity index (χ1v) is 8.62. The molecule has 1 atom stereocenters. The fraction of sp³-hybridized carbons (Fsp3) is 0.471. The van der Waals surface area contributed by atoms with Gasteiger partial charge in [0.25, 0.3) is 0 Å². The molecule has 0 saturated carbocycles. The van der Waals surface area contributed by atoms with Crippen LogP contribution < -0.4 is 0 Å². The van der Waals surface area contributed by atoms with Gasteiger partial charge in [0.05, 0.1) is 13.0 Å². The van der Waals surface area contributed by atoms with E-state index in [1.165, 1.54) is 5.69 Å². The Labute approximate surface area is 135 Å². The number of fused-ring (bicyclic) bond motifs is 1. The van der Waals surface area contributed by atoms with Gasteiger partial charge in [0.1, 0.15) is 0 Å². The quantitative estimate of drug-likeness (QED) is 0.849. The van der Waals surface area contributed by atoms with E-state index in [2.05, 4.69) is 28.3 Å². The Bertz CT molecular complexity index is 606. The van der Waals surface area contributed by atoms with Crippen molar-refractivity contribution in [3.8, 4) is 0 Å². The molecule has 1 amide bonds. The fourth-order valence-corrected chi connectivity index (χ4v) is 3.68. The van der Waals surface area contributed by atoms with Crippen LogP contribution >= 0.6 is 11.3 Å². The van der Waals surface area contributed by atoms with Gasteiger partial charge in [-0.15, -0.1) is 0 Å². The summed E-state index contributed by atoms with van der Waals surface area (Å²) in [6.45, 7) is 3.23. The second kappa shape index (κ2) is 7.11. The molecule has 5 heteroatoms. The van der Waals surface area contributed by atoms with Crippen LogP contribution in [0.15, 0.2) is 35.2 Å². The number of methoxy groups -OCH3 is 1. The van der Waals surface area contributed by atoms with Gasteiger partial charge in [0.15, 0.2) is 0 Å². The minimum atomic E-state index is 0.218. The number of nitrogens with zero attached hydrogens (tertiary/aromatic N) is 2. The van der Waals surface area contributed by atoms with Crippen LogP contribution in [0.5, 0.6) is 0 Å². The van der Waals surface area contributed by atoms with E-state index in [-0.39, 0.29) is 5.91 Å². The maximum Gasteiger partial charge on any atom is 0.227 e. The first-order valence-electron chi connectivity index (χ1n) is 7.68. The lowest BCUT2D eigenvalue weighted by molar-refractivity contribution is -0.131. The molecule has 3 heterocycles. The lowest BCUT2D eigenvalue weighted by atomic mass is 10.1. The molecule has 0 spiro atoms. The van der Waals surface area contributed by atoms with Crippen LogP contribution in [0.3, 0.4) is 0 Å². The van der Waals surface area contributed by atoms with E-state index in [4.69, 9.17) is 4.74 Å². The number of hydrogen-bond donors (Lipinski definition) is 0. The van der Waals surface area contributed by atoms with Crippen LogP contribution in [-0.2, 0) is 29.0 Å². The van der Waals surface area contributed by atoms with E-state index < -0.39 is 0 Å². The highest BCUT2D eigenvalue weighted by molar-refractivity contribution is 7.07. The number of aromatic nitrogens is 1. The number of ether oxygens (including phenoxy) is 1. The molecule has 0 saturated heterocycles. The molecular weight excluding hydrogens is 296 g/mol. The van der Waals surface area contributed by atoms with Gasteiger partial charge in [-0.05, 0) is 46.9 Å². The van der Waals surface area contributed by atoms with Gasteiger partial charge in [-0.3, -0.25) is 4.79 Å². The van der Waals surface area contributed by atoms with Crippen molar-refractivity contribution in [3.05, 3.63) is 46.4 Å². The largest absolute Gasteiger partial charge is 0.385 e. The lowest BCUT2D eigenvalue weighted by Gasteiger charge is -2.24. The number of thiophene rings is 1. The van der Waals surface area contributed by atoms with Crippen molar-refractivity contribution in [2.45, 2.75) is 25.9 Å². The van der Waals surface area contributed by atoms with Crippen molar-refractivity contribution in [1.82, 2.24) is 9.47 Å². The average Bonchev–Trinajstić information content (AvgIpc) is 3.13. The Kier molecular flexibility index (Phi) is 4.95. The highest BCUT2D eigenvalue weighted by atomic mass is 32.1. The lowest BCUT2D eigenvalue weighted by Crippen LogP contribution is -2.35. The number of hydrogen-bond acceptors (Lipinski definition) is 3. The second-order valence-corrected chi connectivity index (χ2v) is 6.66. The number of carbonyl (C=O) groups excluding carboxylic acids is 1. The van der Waals surface area contributed by atoms with Crippen molar-refractivity contribution in [3.63, 3.8) is 0 Å². The molecule has 0 aliphatic carbocycles. The van der Waals surface area contributed by atoms with Crippen molar-refractivity contribution in [2.24, 2.45) is 5.92 Å². The van der Waals surface area contributed by atoms with Crippen LogP contribution in [0.25, 0.3) is 0 Å². The second-order valence-electron chi connectivity index (χ2n) is 5.88. The van der Waals surface area contributed by atoms with E-state index >= 15 is 0 Å². The summed E-state index contributed by atoms with van der Waals surface area (Å²) in [4.78, 5) is 14.7. The summed E-state index contributed by atoms with van der Waals surface area (Å²) in [7, 11) is 1.73. The smallest absolute Gasteiger partial charge is 0.227 e. The summed E-state index contributed by atoms with van der Waals surface area (Å²) in [6, 6.07) is 6.21. The molecular formula is C17H22N2O2S. The van der Waals surface area contributed by atoms with Gasteiger partial charge in [-0.25, -0.2) is 0 Å². The van der Waals surface area contributed by atoms with Gasteiger partial charge in [0.2, 0.25) is 5.91 Å². The highest BCUT2D eigenvalue weighted by Crippen LogP contribution is 2.20. The highest BCUT2D eigenvalue weighted by Gasteiger charge is 2.24. The van der Waals surface area contributed by atoms with Crippen LogP contribution in [0.1, 0.15) is 17.7 Å². The molecule has 2 aromatic rings. The monoisotopic (exact) mass is 318 g/mol. The van der Waals surface area contributed by atoms with Gasteiger partial charge >= 0.3 is 0 Å². The summed E-state index contributed by atoms with van der Waals surface area (Å²) >= 11 is 1.64. The normalized spacial score (nSPS) is 18.0. The van der Waals surface area contributed by atoms with Crippen molar-refractivity contribution >= 4 is 17.2 Å². The van der Waals surface area contributed by atoms with E-state index in [1.807, 2.05) is 16.3 Å². The SMILES string of the molecule is COCC[C@@H]1CN(C(=O)Cc2ccsc2)Cc2cccn2C1. The zero-order valence-corrected chi connectivity index (χ0v) is 13.7. The summed E-state index contributed by atoms with van der Waals surface area (Å²) < 4.78 is 7.50. The van der Waals surface area contributed by atoms with Gasteiger partial charge < -0.3 is 14.2 Å². The van der Waals surface area contributed by atoms with Crippen molar-refractivity contribution < 1.29 is 9.53 Å². The van der Waals surface area contributed by atoms with Crippen LogP contribution in [0.2, 0.25) is 0 Å². The Hall–Kier alpha value is -1.59. The summed E-state index contributed by atoms with van der Waals surface area (Å²) in [5.41, 5.74) is 2.33. The van der Waals surface area contributed by atoms with Crippen molar-refractivity contribution in [1.29, 1.82) is 0 Å². The van der Waals surface area contributed by atoms with Gasteiger partial charge in [0, 0.05) is 38.7 Å². The predicted octanol–water partition coefficient (Wildman–Crippen LogP) is 2.79. The van der Waals surface area contributed by atoms with Gasteiger partial charge in [-0.2, -0.15) is 11.3 Å². The van der Waals surface area contributed by atoms with Crippen LogP contribution in [0.4, 0.5) is 0 Å². The molecule has 0 fully saturated rings. The molecule has 0 unspecified atom stereocenters. The topological polar surface area (TPSA) is 34.5 Å². The van der Waals surface area contributed by atoms with E-state index in [1.54, 1.807) is 18.4 Å². The molecule has 4 nitrogen and oxygen atoms in total. The summed E-state index contributed by atoms with van der Waals surface area (Å²) in [5.74, 6) is 0.662. The molecule has 1 aliphatic heterocycles. The minimum Gasteiger partial charge on any atom is -0.385 e. The molecule has 3 rings (SSSR count). The molecule has 22 heavy (non-hydrogen) atoms. The minimum absolute atomic E-state index is 0.218. The first kappa shape index (κ1) is 15.3. The predicted molar refractivity (Wildman–Crippen MR) is 87.9 cm³/mol. The summed E-state index contributed by atoms with van der Waals surface area (Å²) in [5, 5.41) is 4.08. The Balaban J connectivity index is 1.73. The van der Waals surface area contributed by atoms with Crippen LogP contribution in [0, 0.1) is 5.92 Å². The molecule has 2 aromatic heterocycles. The maximum absolute atomic E-state index is 12.7. The third-order valence-electron chi connectivity index (χ3n) is 4.23. The van der Waals surface area contributed by atoms with Gasteiger partial charge in [-0.1, -0.05) is 0 Å². The van der Waals surface area contributed by atoms with Crippen molar-refractivity contribution in [2.75, 3.05) is 20.3 Å². The van der Waals surface area contributed by atoms with Crippen LogP contribution in [-0.4, -0.2) is 35.6 Å². The third-order valence-corrected chi connectivity index (χ3v) is 4.96. The third kappa shape index (κ3) is 3.59. The summed E-state index contributed by atoms with van der Waals surface area (Å²) in [6.07, 6.45) is 3.60. The Morgan fingerprint density at radius 3 is 3.09 bits per heavy atom. The first-order chi connectivity index (χ1) is 10.8. The Morgan fingerprint density at radius 1 is 1.41 bits per heavy atom. The Morgan fingerprint density at radius 2 is 2.32 bits per heavy atom. The molecule has 1 aliphatic rings. The maximum atomic E-state index is 12.7. The standard InChI is InChI=1S/C17H22N2O2S/c1-21-7-4-15-10-18-6-2-3-16(18)12-19(11-15)17(20)9-14-5-8-22-13-14/h2-3,5-6,8,13,15H,4,7,9-12H2,1H3/t15-/m0/s1. The van der Waals surface area contributed by atoms with E-state index in [9.17, 15) is 4.79 Å². The number of amides is 1. The molecule has 118 valence electrons. The average molecular weight is 318 g/mol. The van der Waals surface area contributed by atoms with E-state index in [0.29, 0.717) is 18.9 Å². The molecule has 0 bridgehead atoms. The molecule has 0 N–H and O–H groups in total. The zero-order valence-electron chi connectivity index (χ0n) is 12.9. The molecule has 0 aromatic carbocycles. The molecule has 0 radical (unpaired) electrons. The fourth-order valence-electron chi connectivity index (χ4n) is 3.02. The number of carbonyl (C=O) groups is 1. The van der Waals surface area contributed by atoms with E-state index in [0.717, 1.165) is 31.7 Å². The zero-order chi connectivity index (χ0) is 15.4. The number of rotatable bonds is 5.